The highest BCUT2D eigenvalue weighted by Crippen LogP contribution is 2.33. The lowest BCUT2D eigenvalue weighted by molar-refractivity contribution is -0.137. The van der Waals surface area contributed by atoms with Crippen molar-refractivity contribution in [3.05, 3.63) is 27.7 Å². The maximum Gasteiger partial charge on any atom is 0.303 e. The Bertz CT molecular complexity index is 405. The van der Waals surface area contributed by atoms with Crippen molar-refractivity contribution in [2.75, 3.05) is 6.61 Å². The number of aliphatic carboxylic acids is 1. The number of carboxylic acid groups (broad SMARTS) is 1. The number of rotatable bonds is 6. The van der Waals surface area contributed by atoms with E-state index in [1.54, 1.807) is 12.1 Å². The minimum Gasteiger partial charge on any atom is -0.492 e. The lowest BCUT2D eigenvalue weighted by Crippen LogP contribution is -2.00. The van der Waals surface area contributed by atoms with Crippen molar-refractivity contribution in [1.82, 2.24) is 0 Å². The van der Waals surface area contributed by atoms with Crippen LogP contribution < -0.4 is 4.74 Å². The lowest BCUT2D eigenvalue weighted by Gasteiger charge is -2.12. The summed E-state index contributed by atoms with van der Waals surface area (Å²) in [5.74, 6) is -0.208. The molecule has 0 fully saturated rings. The van der Waals surface area contributed by atoms with Gasteiger partial charge in [0.15, 0.2) is 0 Å². The fourth-order valence-electron chi connectivity index (χ4n) is 1.54. The van der Waals surface area contributed by atoms with Gasteiger partial charge in [0, 0.05) is 11.4 Å². The average molecular weight is 277 g/mol. The maximum absolute atomic E-state index is 10.5. The predicted molar refractivity (Wildman–Crippen MR) is 68.2 cm³/mol. The molecule has 0 saturated heterocycles. The molecule has 0 aromatic heterocycles. The van der Waals surface area contributed by atoms with Crippen LogP contribution in [-0.4, -0.2) is 17.7 Å². The monoisotopic (exact) mass is 276 g/mol. The Morgan fingerprint density at radius 2 is 2.12 bits per heavy atom. The van der Waals surface area contributed by atoms with E-state index in [-0.39, 0.29) is 6.42 Å². The first-order valence-corrected chi connectivity index (χ1v) is 6.12. The molecule has 0 heterocycles. The van der Waals surface area contributed by atoms with Gasteiger partial charge in [0.05, 0.1) is 11.6 Å². The SMILES string of the molecule is CCOc1c(Cl)cc(Cl)cc1CCCC(=O)O. The minimum atomic E-state index is -0.809. The molecule has 0 bridgehead atoms. The number of benzene rings is 1. The molecule has 0 radical (unpaired) electrons. The first-order chi connectivity index (χ1) is 8.04. The van der Waals surface area contributed by atoms with Crippen LogP contribution in [0.4, 0.5) is 0 Å². The van der Waals surface area contributed by atoms with E-state index in [1.165, 1.54) is 0 Å². The van der Waals surface area contributed by atoms with Crippen LogP contribution in [0.5, 0.6) is 5.75 Å². The van der Waals surface area contributed by atoms with Crippen LogP contribution in [0, 0.1) is 0 Å². The first-order valence-electron chi connectivity index (χ1n) is 5.37. The van der Waals surface area contributed by atoms with Crippen molar-refractivity contribution in [1.29, 1.82) is 0 Å². The van der Waals surface area contributed by atoms with E-state index >= 15 is 0 Å². The summed E-state index contributed by atoms with van der Waals surface area (Å²) in [6, 6.07) is 3.38. The summed E-state index contributed by atoms with van der Waals surface area (Å²) >= 11 is 11.9. The van der Waals surface area contributed by atoms with E-state index in [0.29, 0.717) is 35.2 Å². The summed E-state index contributed by atoms with van der Waals surface area (Å²) in [7, 11) is 0. The highest BCUT2D eigenvalue weighted by molar-refractivity contribution is 6.35. The van der Waals surface area contributed by atoms with Crippen LogP contribution in [0.2, 0.25) is 10.0 Å². The number of carboxylic acids is 1. The van der Waals surface area contributed by atoms with Gasteiger partial charge < -0.3 is 9.84 Å². The molecule has 1 rings (SSSR count). The minimum absolute atomic E-state index is 0.121. The Balaban J connectivity index is 2.83. The Morgan fingerprint density at radius 3 is 2.71 bits per heavy atom. The zero-order chi connectivity index (χ0) is 12.8. The third-order valence-electron chi connectivity index (χ3n) is 2.21. The van der Waals surface area contributed by atoms with Crippen LogP contribution in [0.25, 0.3) is 0 Å². The van der Waals surface area contributed by atoms with Crippen LogP contribution in [0.1, 0.15) is 25.3 Å². The van der Waals surface area contributed by atoms with Crippen molar-refractivity contribution < 1.29 is 14.6 Å². The number of hydrogen-bond acceptors (Lipinski definition) is 2. The number of ether oxygens (including phenoxy) is 1. The molecule has 1 N–H and O–H groups in total. The van der Waals surface area contributed by atoms with Gasteiger partial charge in [-0.1, -0.05) is 23.2 Å². The molecule has 0 aliphatic carbocycles. The Kier molecular flexibility index (Phi) is 5.59. The van der Waals surface area contributed by atoms with Gasteiger partial charge in [-0.25, -0.2) is 0 Å². The predicted octanol–water partition coefficient (Wildman–Crippen LogP) is 3.80. The second-order valence-electron chi connectivity index (χ2n) is 3.56. The van der Waals surface area contributed by atoms with Crippen molar-refractivity contribution in [2.45, 2.75) is 26.2 Å². The molecule has 17 heavy (non-hydrogen) atoms. The van der Waals surface area contributed by atoms with E-state index < -0.39 is 5.97 Å². The highest BCUT2D eigenvalue weighted by Gasteiger charge is 2.10. The van der Waals surface area contributed by atoms with Crippen molar-refractivity contribution in [2.24, 2.45) is 0 Å². The van der Waals surface area contributed by atoms with Crippen molar-refractivity contribution >= 4 is 29.2 Å². The lowest BCUT2D eigenvalue weighted by atomic mass is 10.1. The molecule has 0 amide bonds. The van der Waals surface area contributed by atoms with Crippen molar-refractivity contribution in [3.8, 4) is 5.75 Å². The summed E-state index contributed by atoms with van der Waals surface area (Å²) < 4.78 is 5.44. The van der Waals surface area contributed by atoms with Gasteiger partial charge in [-0.2, -0.15) is 0 Å². The van der Waals surface area contributed by atoms with Gasteiger partial charge in [-0.05, 0) is 37.5 Å². The van der Waals surface area contributed by atoms with E-state index in [0.717, 1.165) is 5.56 Å². The second-order valence-corrected chi connectivity index (χ2v) is 4.40. The molecular weight excluding hydrogens is 263 g/mol. The second kappa shape index (κ2) is 6.72. The summed E-state index contributed by atoms with van der Waals surface area (Å²) in [5, 5.41) is 9.58. The normalized spacial score (nSPS) is 10.3. The first kappa shape index (κ1) is 14.1. The smallest absolute Gasteiger partial charge is 0.303 e. The molecule has 1 aromatic rings. The molecule has 3 nitrogen and oxygen atoms in total. The number of aryl methyl sites for hydroxylation is 1. The van der Waals surface area contributed by atoms with Gasteiger partial charge in [0.1, 0.15) is 5.75 Å². The molecule has 0 saturated carbocycles. The summed E-state index contributed by atoms with van der Waals surface area (Å²) in [6.45, 7) is 2.37. The van der Waals surface area contributed by atoms with E-state index in [1.807, 2.05) is 6.92 Å². The number of hydrogen-bond donors (Lipinski definition) is 1. The number of halogens is 2. The molecule has 0 aliphatic heterocycles. The van der Waals surface area contributed by atoms with Crippen LogP contribution in [0.15, 0.2) is 12.1 Å². The van der Waals surface area contributed by atoms with Gasteiger partial charge in [-0.3, -0.25) is 4.79 Å². The summed E-state index contributed by atoms with van der Waals surface area (Å²) in [5.41, 5.74) is 0.852. The quantitative estimate of drug-likeness (QED) is 0.860. The summed E-state index contributed by atoms with van der Waals surface area (Å²) in [4.78, 5) is 10.5. The zero-order valence-corrected chi connectivity index (χ0v) is 11.0. The molecule has 0 unspecified atom stereocenters. The van der Waals surface area contributed by atoms with Gasteiger partial charge in [-0.15, -0.1) is 0 Å². The maximum atomic E-state index is 10.5. The molecular formula is C12H14Cl2O3. The molecule has 0 atom stereocenters. The Morgan fingerprint density at radius 1 is 1.41 bits per heavy atom. The number of carbonyl (C=O) groups is 1. The van der Waals surface area contributed by atoms with Crippen molar-refractivity contribution in [3.63, 3.8) is 0 Å². The van der Waals surface area contributed by atoms with Gasteiger partial charge in [0.25, 0.3) is 0 Å². The third-order valence-corrected chi connectivity index (χ3v) is 2.71. The van der Waals surface area contributed by atoms with Crippen LogP contribution in [0.3, 0.4) is 0 Å². The van der Waals surface area contributed by atoms with Gasteiger partial charge in [0.2, 0.25) is 0 Å². The zero-order valence-electron chi connectivity index (χ0n) is 9.50. The topological polar surface area (TPSA) is 46.5 Å². The fourth-order valence-corrected chi connectivity index (χ4v) is 2.13. The Labute approximate surface area is 110 Å². The molecule has 1 aromatic carbocycles. The molecule has 5 heteroatoms. The highest BCUT2D eigenvalue weighted by atomic mass is 35.5. The van der Waals surface area contributed by atoms with E-state index in [4.69, 9.17) is 33.0 Å². The fraction of sp³-hybridized carbons (Fsp3) is 0.417. The van der Waals surface area contributed by atoms with Crippen LogP contribution >= 0.6 is 23.2 Å². The molecule has 0 spiro atoms. The molecule has 94 valence electrons. The largest absolute Gasteiger partial charge is 0.492 e. The summed E-state index contributed by atoms with van der Waals surface area (Å²) in [6.07, 6.45) is 1.24. The van der Waals surface area contributed by atoms with Gasteiger partial charge >= 0.3 is 5.97 Å². The molecule has 0 aliphatic rings. The van der Waals surface area contributed by atoms with E-state index in [9.17, 15) is 4.79 Å². The third kappa shape index (κ3) is 4.44. The van der Waals surface area contributed by atoms with E-state index in [2.05, 4.69) is 0 Å². The van der Waals surface area contributed by atoms with Crippen LogP contribution in [-0.2, 0) is 11.2 Å². The standard InChI is InChI=1S/C12H14Cl2O3/c1-2-17-12-8(4-3-5-11(15)16)6-9(13)7-10(12)14/h6-7H,2-5H2,1H3,(H,15,16). The Hall–Kier alpha value is -0.930. The average Bonchev–Trinajstić information content (AvgIpc) is 2.22.